The van der Waals surface area contributed by atoms with Crippen molar-refractivity contribution in [3.63, 3.8) is 0 Å². The van der Waals surface area contributed by atoms with E-state index >= 15 is 0 Å². The second kappa shape index (κ2) is 9.13. The van der Waals surface area contributed by atoms with E-state index in [4.69, 9.17) is 4.42 Å². The van der Waals surface area contributed by atoms with Gasteiger partial charge in [-0.25, -0.2) is 0 Å². The summed E-state index contributed by atoms with van der Waals surface area (Å²) in [5, 5.41) is 12.1. The second-order valence-electron chi connectivity index (χ2n) is 8.86. The van der Waals surface area contributed by atoms with Gasteiger partial charge in [0.1, 0.15) is 0 Å². The zero-order valence-corrected chi connectivity index (χ0v) is 21.7. The van der Waals surface area contributed by atoms with E-state index in [1.165, 1.54) is 15.6 Å². The average molecular weight is 531 g/mol. The molecule has 6 rings (SSSR count). The SMILES string of the molecule is Cc1ccc2c(oc3c([Se]c4ccc(-c5ccccc5)cc4)c(C#N)ccc32)c1-c1cccc[n+]1C. The van der Waals surface area contributed by atoms with E-state index in [1.807, 2.05) is 24.3 Å². The van der Waals surface area contributed by atoms with Crippen LogP contribution in [0.15, 0.2) is 108 Å². The number of furan rings is 1. The third kappa shape index (κ3) is 3.80. The van der Waals surface area contributed by atoms with Crippen LogP contribution in [0, 0.1) is 18.3 Å². The monoisotopic (exact) mass is 531 g/mol. The summed E-state index contributed by atoms with van der Waals surface area (Å²) in [7, 11) is 2.05. The van der Waals surface area contributed by atoms with Crippen molar-refractivity contribution in [2.45, 2.75) is 6.92 Å². The van der Waals surface area contributed by atoms with E-state index in [-0.39, 0.29) is 15.0 Å². The molecule has 0 aliphatic rings. The van der Waals surface area contributed by atoms with Gasteiger partial charge in [0.25, 0.3) is 0 Å². The van der Waals surface area contributed by atoms with E-state index in [0.29, 0.717) is 5.56 Å². The molecule has 6 aromatic rings. The minimum atomic E-state index is -0.0830. The molecule has 4 heteroatoms. The molecular weight excluding hydrogens is 507 g/mol. The fraction of sp³-hybridized carbons (Fsp3) is 0.0625. The third-order valence-corrected chi connectivity index (χ3v) is 8.93. The number of nitrogens with zero attached hydrogens (tertiary/aromatic N) is 2. The molecule has 2 aromatic heterocycles. The van der Waals surface area contributed by atoms with Crippen LogP contribution in [0.2, 0.25) is 0 Å². The molecular formula is C32H23N2OSe+. The Labute approximate surface area is 216 Å². The van der Waals surface area contributed by atoms with Gasteiger partial charge in [0.15, 0.2) is 0 Å². The first-order valence-corrected chi connectivity index (χ1v) is 13.5. The number of aromatic nitrogens is 1. The molecule has 0 aliphatic heterocycles. The Bertz CT molecular complexity index is 1780. The quantitative estimate of drug-likeness (QED) is 0.221. The number of benzene rings is 4. The summed E-state index contributed by atoms with van der Waals surface area (Å²) in [5.41, 5.74) is 8.11. The summed E-state index contributed by atoms with van der Waals surface area (Å²) in [5.74, 6) is 0. The Balaban J connectivity index is 1.51. The molecule has 172 valence electrons. The van der Waals surface area contributed by atoms with Gasteiger partial charge < -0.3 is 0 Å². The summed E-state index contributed by atoms with van der Waals surface area (Å²) >= 11 is -0.0830. The summed E-state index contributed by atoms with van der Waals surface area (Å²) in [4.78, 5) is 0. The fourth-order valence-electron chi connectivity index (χ4n) is 4.73. The van der Waals surface area contributed by atoms with Crippen molar-refractivity contribution in [2.75, 3.05) is 0 Å². The van der Waals surface area contributed by atoms with Crippen molar-refractivity contribution in [1.82, 2.24) is 0 Å². The molecule has 0 saturated carbocycles. The Morgan fingerprint density at radius 1 is 0.750 bits per heavy atom. The van der Waals surface area contributed by atoms with Gasteiger partial charge in [-0.1, -0.05) is 0 Å². The second-order valence-corrected chi connectivity index (χ2v) is 11.1. The summed E-state index contributed by atoms with van der Waals surface area (Å²) in [6, 6.07) is 35.9. The van der Waals surface area contributed by atoms with Crippen molar-refractivity contribution in [3.05, 3.63) is 114 Å². The number of rotatable bonds is 4. The molecule has 0 N–H and O–H groups in total. The van der Waals surface area contributed by atoms with Crippen LogP contribution in [0.4, 0.5) is 0 Å². The molecule has 4 aromatic carbocycles. The average Bonchev–Trinajstić information content (AvgIpc) is 3.29. The van der Waals surface area contributed by atoms with Crippen LogP contribution in [-0.4, -0.2) is 15.0 Å². The van der Waals surface area contributed by atoms with Gasteiger partial charge in [0.2, 0.25) is 0 Å². The van der Waals surface area contributed by atoms with E-state index in [2.05, 4.69) is 104 Å². The van der Waals surface area contributed by atoms with E-state index in [1.54, 1.807) is 0 Å². The first-order chi connectivity index (χ1) is 17.6. The summed E-state index contributed by atoms with van der Waals surface area (Å²) in [6.07, 6.45) is 2.05. The molecule has 0 fully saturated rings. The molecule has 2 heterocycles. The zero-order valence-electron chi connectivity index (χ0n) is 20.0. The molecule has 3 nitrogen and oxygen atoms in total. The van der Waals surface area contributed by atoms with Gasteiger partial charge in [-0.15, -0.1) is 0 Å². The molecule has 0 spiro atoms. The molecule has 0 unspecified atom stereocenters. The van der Waals surface area contributed by atoms with E-state index < -0.39 is 0 Å². The molecule has 0 aliphatic carbocycles. The first-order valence-electron chi connectivity index (χ1n) is 11.8. The number of fused-ring (bicyclic) bond motifs is 3. The van der Waals surface area contributed by atoms with Crippen LogP contribution < -0.4 is 13.5 Å². The molecule has 0 amide bonds. The number of aryl methyl sites for hydroxylation is 2. The summed E-state index contributed by atoms with van der Waals surface area (Å²) < 4.78 is 11.0. The first kappa shape index (κ1) is 22.3. The van der Waals surface area contributed by atoms with Crippen molar-refractivity contribution in [1.29, 1.82) is 5.26 Å². The maximum absolute atomic E-state index is 9.95. The number of hydrogen-bond acceptors (Lipinski definition) is 2. The number of nitriles is 1. The van der Waals surface area contributed by atoms with E-state index in [0.717, 1.165) is 43.2 Å². The number of hydrogen-bond donors (Lipinski definition) is 0. The predicted molar refractivity (Wildman–Crippen MR) is 147 cm³/mol. The van der Waals surface area contributed by atoms with Gasteiger partial charge in [-0.05, 0) is 0 Å². The van der Waals surface area contributed by atoms with Crippen molar-refractivity contribution in [3.8, 4) is 28.5 Å². The molecule has 36 heavy (non-hydrogen) atoms. The van der Waals surface area contributed by atoms with E-state index in [9.17, 15) is 5.26 Å². The van der Waals surface area contributed by atoms with Gasteiger partial charge in [0, 0.05) is 0 Å². The Hall–Kier alpha value is -4.16. The van der Waals surface area contributed by atoms with Crippen LogP contribution in [0.5, 0.6) is 0 Å². The van der Waals surface area contributed by atoms with Crippen LogP contribution in [0.25, 0.3) is 44.3 Å². The molecule has 0 radical (unpaired) electrons. The topological polar surface area (TPSA) is 40.8 Å². The third-order valence-electron chi connectivity index (χ3n) is 6.59. The van der Waals surface area contributed by atoms with Crippen LogP contribution in [0.3, 0.4) is 0 Å². The Kier molecular flexibility index (Phi) is 5.66. The molecule has 0 atom stereocenters. The standard InChI is InChI=1S/C32H23N2OSe/c1-21-11-17-26-27-18-14-24(20-33)32(31(27)35-30(26)29(21)28-10-6-7-19-34(28)2)36-25-15-12-23(13-16-25)22-8-4-3-5-9-22/h3-19H,1-2H3/q+1. The molecule has 0 bridgehead atoms. The Morgan fingerprint density at radius 3 is 2.19 bits per heavy atom. The van der Waals surface area contributed by atoms with Crippen molar-refractivity contribution < 1.29 is 8.98 Å². The number of pyridine rings is 1. The normalized spacial score (nSPS) is 11.1. The van der Waals surface area contributed by atoms with Crippen molar-refractivity contribution in [2.24, 2.45) is 7.05 Å². The van der Waals surface area contributed by atoms with Crippen LogP contribution in [0.1, 0.15) is 11.1 Å². The fourth-order valence-corrected chi connectivity index (χ4v) is 6.78. The van der Waals surface area contributed by atoms with Crippen LogP contribution >= 0.6 is 0 Å². The van der Waals surface area contributed by atoms with Gasteiger partial charge in [0.05, 0.1) is 0 Å². The predicted octanol–water partition coefficient (Wildman–Crippen LogP) is 5.58. The summed E-state index contributed by atoms with van der Waals surface area (Å²) in [6.45, 7) is 2.12. The van der Waals surface area contributed by atoms with Crippen molar-refractivity contribution >= 4 is 45.8 Å². The van der Waals surface area contributed by atoms with Gasteiger partial charge >= 0.3 is 217 Å². The zero-order chi connectivity index (χ0) is 24.6. The maximum atomic E-state index is 9.95. The Morgan fingerprint density at radius 2 is 1.44 bits per heavy atom. The van der Waals surface area contributed by atoms with Gasteiger partial charge in [-0.3, -0.25) is 0 Å². The van der Waals surface area contributed by atoms with Gasteiger partial charge in [-0.2, -0.15) is 0 Å². The minimum absolute atomic E-state index is 0.0830. The van der Waals surface area contributed by atoms with Crippen LogP contribution in [-0.2, 0) is 7.05 Å². The molecule has 0 saturated heterocycles.